The molecular weight excluding hydrogens is 264 g/mol. The fraction of sp³-hybridized carbons (Fsp3) is 0.471. The van der Waals surface area contributed by atoms with Gasteiger partial charge in [-0.25, -0.2) is 4.79 Å². The van der Waals surface area contributed by atoms with Crippen LogP contribution in [0.15, 0.2) is 30.3 Å². The Morgan fingerprint density at radius 1 is 1.29 bits per heavy atom. The molecule has 1 fully saturated rings. The van der Waals surface area contributed by atoms with Gasteiger partial charge in [0.1, 0.15) is 5.69 Å². The molecule has 0 spiro atoms. The average Bonchev–Trinajstić information content (AvgIpc) is 2.88. The third-order valence-electron chi connectivity index (χ3n) is 4.29. The lowest BCUT2D eigenvalue weighted by atomic mass is 10.0. The van der Waals surface area contributed by atoms with E-state index in [4.69, 9.17) is 4.74 Å². The topological polar surface area (TPSA) is 34.5 Å². The number of hydrogen-bond acceptors (Lipinski definition) is 3. The van der Waals surface area contributed by atoms with Gasteiger partial charge in [0, 0.05) is 16.9 Å². The number of aromatic nitrogens is 1. The van der Waals surface area contributed by atoms with Gasteiger partial charge in [0.05, 0.1) is 6.61 Å². The van der Waals surface area contributed by atoms with Crippen molar-refractivity contribution in [3.8, 4) is 0 Å². The van der Waals surface area contributed by atoms with Gasteiger partial charge in [-0.05, 0) is 52.0 Å². The highest BCUT2D eigenvalue weighted by Crippen LogP contribution is 2.30. The van der Waals surface area contributed by atoms with Crippen LogP contribution in [-0.2, 0) is 4.74 Å². The molecule has 2 aromatic rings. The molecule has 0 atom stereocenters. The van der Waals surface area contributed by atoms with Gasteiger partial charge in [-0.15, -0.1) is 0 Å². The normalized spacial score (nSPS) is 17.2. The zero-order valence-corrected chi connectivity index (χ0v) is 12.7. The highest BCUT2D eigenvalue weighted by Gasteiger charge is 2.25. The van der Waals surface area contributed by atoms with E-state index in [0.29, 0.717) is 18.3 Å². The maximum absolute atomic E-state index is 12.3. The van der Waals surface area contributed by atoms with Crippen molar-refractivity contribution in [1.82, 2.24) is 9.47 Å². The summed E-state index contributed by atoms with van der Waals surface area (Å²) < 4.78 is 7.43. The van der Waals surface area contributed by atoms with E-state index >= 15 is 0 Å². The van der Waals surface area contributed by atoms with Gasteiger partial charge in [0.25, 0.3) is 0 Å². The second-order valence-electron chi connectivity index (χ2n) is 5.71. The van der Waals surface area contributed by atoms with Gasteiger partial charge in [0.2, 0.25) is 0 Å². The van der Waals surface area contributed by atoms with Gasteiger partial charge < -0.3 is 14.2 Å². The summed E-state index contributed by atoms with van der Waals surface area (Å²) in [5, 5.41) is 1.11. The Bertz CT molecular complexity index is 639. The average molecular weight is 286 g/mol. The molecule has 0 aliphatic carbocycles. The molecule has 0 bridgehead atoms. The van der Waals surface area contributed by atoms with E-state index in [1.807, 2.05) is 25.1 Å². The quantitative estimate of drug-likeness (QED) is 0.813. The Hall–Kier alpha value is -1.81. The molecule has 0 N–H and O–H groups in total. The minimum absolute atomic E-state index is 0.215. The lowest BCUT2D eigenvalue weighted by Gasteiger charge is -2.31. The molecule has 1 aliphatic rings. The molecule has 112 valence electrons. The van der Waals surface area contributed by atoms with Crippen molar-refractivity contribution in [2.24, 2.45) is 0 Å². The first-order valence-corrected chi connectivity index (χ1v) is 7.66. The summed E-state index contributed by atoms with van der Waals surface area (Å²) in [5.74, 6) is -0.215. The molecule has 1 aromatic heterocycles. The van der Waals surface area contributed by atoms with E-state index in [0.717, 1.165) is 36.8 Å². The molecule has 0 amide bonds. The molecule has 21 heavy (non-hydrogen) atoms. The van der Waals surface area contributed by atoms with Crippen molar-refractivity contribution >= 4 is 16.9 Å². The van der Waals surface area contributed by atoms with Gasteiger partial charge in [-0.1, -0.05) is 18.2 Å². The first-order valence-electron chi connectivity index (χ1n) is 7.66. The van der Waals surface area contributed by atoms with Gasteiger partial charge in [-0.2, -0.15) is 0 Å². The number of para-hydroxylation sites is 1. The molecule has 1 aromatic carbocycles. The Labute approximate surface area is 125 Å². The van der Waals surface area contributed by atoms with Crippen LogP contribution < -0.4 is 0 Å². The van der Waals surface area contributed by atoms with Crippen molar-refractivity contribution in [2.75, 3.05) is 26.7 Å². The van der Waals surface area contributed by atoms with E-state index < -0.39 is 0 Å². The molecule has 0 saturated carbocycles. The van der Waals surface area contributed by atoms with E-state index in [1.165, 1.54) is 0 Å². The molecular formula is C17H22N2O2. The van der Waals surface area contributed by atoms with Crippen LogP contribution in [0.2, 0.25) is 0 Å². The number of fused-ring (bicyclic) bond motifs is 1. The number of likely N-dealkylation sites (tertiary alicyclic amines) is 1. The minimum Gasteiger partial charge on any atom is -0.461 e. The summed E-state index contributed by atoms with van der Waals surface area (Å²) in [4.78, 5) is 14.6. The molecule has 0 radical (unpaired) electrons. The fourth-order valence-corrected chi connectivity index (χ4v) is 3.18. The number of carbonyl (C=O) groups is 1. The van der Waals surface area contributed by atoms with Crippen molar-refractivity contribution in [3.63, 3.8) is 0 Å². The van der Waals surface area contributed by atoms with Crippen molar-refractivity contribution in [2.45, 2.75) is 25.8 Å². The highest BCUT2D eigenvalue weighted by molar-refractivity contribution is 5.95. The maximum Gasteiger partial charge on any atom is 0.354 e. The van der Waals surface area contributed by atoms with Crippen LogP contribution in [0.25, 0.3) is 10.9 Å². The number of nitrogens with zero attached hydrogens (tertiary/aromatic N) is 2. The van der Waals surface area contributed by atoms with E-state index in [9.17, 15) is 4.79 Å². The molecule has 1 saturated heterocycles. The molecule has 4 nitrogen and oxygen atoms in total. The van der Waals surface area contributed by atoms with E-state index in [-0.39, 0.29) is 5.97 Å². The predicted molar refractivity (Wildman–Crippen MR) is 83.7 cm³/mol. The van der Waals surface area contributed by atoms with Gasteiger partial charge in [-0.3, -0.25) is 0 Å². The molecule has 0 unspecified atom stereocenters. The number of benzene rings is 1. The lowest BCUT2D eigenvalue weighted by Crippen LogP contribution is -2.32. The van der Waals surface area contributed by atoms with E-state index in [1.54, 1.807) is 0 Å². The number of ether oxygens (including phenoxy) is 1. The van der Waals surface area contributed by atoms with Crippen LogP contribution in [0, 0.1) is 0 Å². The fourth-order valence-electron chi connectivity index (χ4n) is 3.18. The summed E-state index contributed by atoms with van der Waals surface area (Å²) in [6.45, 7) is 4.40. The zero-order valence-electron chi connectivity index (χ0n) is 12.7. The second-order valence-corrected chi connectivity index (χ2v) is 5.71. The third-order valence-corrected chi connectivity index (χ3v) is 4.29. The first-order chi connectivity index (χ1) is 10.2. The van der Waals surface area contributed by atoms with Crippen molar-refractivity contribution in [3.05, 3.63) is 36.0 Å². The SMILES string of the molecule is CCOC(=O)c1cc2ccccc2n1C1CCN(C)CC1. The zero-order chi connectivity index (χ0) is 14.8. The number of piperidine rings is 1. The number of hydrogen-bond donors (Lipinski definition) is 0. The van der Waals surface area contributed by atoms with Crippen LogP contribution in [0.3, 0.4) is 0 Å². The summed E-state index contributed by atoms with van der Waals surface area (Å²) in [7, 11) is 2.15. The monoisotopic (exact) mass is 286 g/mol. The van der Waals surface area contributed by atoms with Crippen molar-refractivity contribution in [1.29, 1.82) is 0 Å². The van der Waals surface area contributed by atoms with Crippen molar-refractivity contribution < 1.29 is 9.53 Å². The van der Waals surface area contributed by atoms with Crippen LogP contribution in [0.1, 0.15) is 36.3 Å². The maximum atomic E-state index is 12.3. The van der Waals surface area contributed by atoms with Crippen LogP contribution in [-0.4, -0.2) is 42.2 Å². The minimum atomic E-state index is -0.215. The van der Waals surface area contributed by atoms with E-state index in [2.05, 4.69) is 28.6 Å². The first kappa shape index (κ1) is 14.1. The Morgan fingerprint density at radius 3 is 2.71 bits per heavy atom. The number of esters is 1. The number of rotatable bonds is 3. The number of carbonyl (C=O) groups excluding carboxylic acids is 1. The van der Waals surface area contributed by atoms with Crippen LogP contribution in [0.4, 0.5) is 0 Å². The van der Waals surface area contributed by atoms with Gasteiger partial charge >= 0.3 is 5.97 Å². The smallest absolute Gasteiger partial charge is 0.354 e. The Kier molecular flexibility index (Phi) is 3.97. The standard InChI is InChI=1S/C17H22N2O2/c1-3-21-17(20)16-12-13-6-4-5-7-15(13)19(16)14-8-10-18(2)11-9-14/h4-7,12,14H,3,8-11H2,1-2H3. The molecule has 4 heteroatoms. The third kappa shape index (κ3) is 2.68. The second kappa shape index (κ2) is 5.90. The molecule has 1 aliphatic heterocycles. The molecule has 2 heterocycles. The predicted octanol–water partition coefficient (Wildman–Crippen LogP) is 3.08. The largest absolute Gasteiger partial charge is 0.461 e. The lowest BCUT2D eigenvalue weighted by molar-refractivity contribution is 0.0509. The van der Waals surface area contributed by atoms with Gasteiger partial charge in [0.15, 0.2) is 0 Å². The summed E-state index contributed by atoms with van der Waals surface area (Å²) >= 11 is 0. The summed E-state index contributed by atoms with van der Waals surface area (Å²) in [6, 6.07) is 10.5. The summed E-state index contributed by atoms with van der Waals surface area (Å²) in [5.41, 5.74) is 1.82. The Morgan fingerprint density at radius 2 is 2.00 bits per heavy atom. The Balaban J connectivity index is 2.05. The summed E-state index contributed by atoms with van der Waals surface area (Å²) in [6.07, 6.45) is 2.14. The highest BCUT2D eigenvalue weighted by atomic mass is 16.5. The van der Waals surface area contributed by atoms with Crippen LogP contribution >= 0.6 is 0 Å². The molecule has 3 rings (SSSR count). The van der Waals surface area contributed by atoms with Crippen LogP contribution in [0.5, 0.6) is 0 Å².